The Hall–Kier alpha value is -2.08. The second-order valence-corrected chi connectivity index (χ2v) is 4.05. The monoisotopic (exact) mass is 236 g/mol. The van der Waals surface area contributed by atoms with Crippen LogP contribution in [0.4, 0.5) is 0 Å². The van der Waals surface area contributed by atoms with Gasteiger partial charge < -0.3 is 11.5 Å². The van der Waals surface area contributed by atoms with Crippen molar-refractivity contribution in [3.8, 4) is 11.8 Å². The van der Waals surface area contributed by atoms with Gasteiger partial charge in [0, 0.05) is 24.2 Å². The SMILES string of the molecule is NCc1ccc(C#Cc2ccc(CN)cc2)cc1. The molecule has 2 heteroatoms. The maximum atomic E-state index is 5.55. The summed E-state index contributed by atoms with van der Waals surface area (Å²) in [7, 11) is 0. The Balaban J connectivity index is 2.14. The number of benzene rings is 2. The van der Waals surface area contributed by atoms with Crippen LogP contribution in [0.5, 0.6) is 0 Å². The predicted molar refractivity (Wildman–Crippen MR) is 74.6 cm³/mol. The van der Waals surface area contributed by atoms with Crippen molar-refractivity contribution in [2.24, 2.45) is 11.5 Å². The van der Waals surface area contributed by atoms with E-state index in [1.54, 1.807) is 0 Å². The van der Waals surface area contributed by atoms with E-state index in [2.05, 4.69) is 11.8 Å². The Kier molecular flexibility index (Phi) is 4.14. The highest BCUT2D eigenvalue weighted by Crippen LogP contribution is 2.04. The van der Waals surface area contributed by atoms with E-state index in [0.29, 0.717) is 13.1 Å². The highest BCUT2D eigenvalue weighted by Gasteiger charge is 1.91. The summed E-state index contributed by atoms with van der Waals surface area (Å²) in [6.07, 6.45) is 0. The van der Waals surface area contributed by atoms with Crippen molar-refractivity contribution in [2.75, 3.05) is 0 Å². The lowest BCUT2D eigenvalue weighted by molar-refractivity contribution is 1.07. The molecule has 2 nitrogen and oxygen atoms in total. The fraction of sp³-hybridized carbons (Fsp3) is 0.125. The van der Waals surface area contributed by atoms with Gasteiger partial charge in [0.1, 0.15) is 0 Å². The molecule has 0 fully saturated rings. The van der Waals surface area contributed by atoms with Crippen LogP contribution in [0.15, 0.2) is 48.5 Å². The van der Waals surface area contributed by atoms with Gasteiger partial charge in [-0.3, -0.25) is 0 Å². The molecular weight excluding hydrogens is 220 g/mol. The van der Waals surface area contributed by atoms with Crippen LogP contribution < -0.4 is 11.5 Å². The third-order valence-corrected chi connectivity index (χ3v) is 2.73. The molecule has 90 valence electrons. The minimum absolute atomic E-state index is 0.564. The van der Waals surface area contributed by atoms with E-state index in [-0.39, 0.29) is 0 Å². The van der Waals surface area contributed by atoms with Crippen LogP contribution in [-0.4, -0.2) is 0 Å². The molecule has 0 aliphatic carbocycles. The molecule has 2 aromatic carbocycles. The summed E-state index contributed by atoms with van der Waals surface area (Å²) in [5.41, 5.74) is 15.3. The number of rotatable bonds is 2. The van der Waals surface area contributed by atoms with E-state index < -0.39 is 0 Å². The Morgan fingerprint density at radius 3 is 1.22 bits per heavy atom. The molecule has 2 aromatic rings. The molecule has 0 heterocycles. The number of hydrogen-bond donors (Lipinski definition) is 2. The third kappa shape index (κ3) is 3.21. The second-order valence-electron chi connectivity index (χ2n) is 4.05. The van der Waals surface area contributed by atoms with Crippen LogP contribution in [0, 0.1) is 11.8 Å². The van der Waals surface area contributed by atoms with Gasteiger partial charge in [0.05, 0.1) is 0 Å². The zero-order valence-electron chi connectivity index (χ0n) is 10.2. The largest absolute Gasteiger partial charge is 0.326 e. The molecule has 0 saturated carbocycles. The van der Waals surface area contributed by atoms with Crippen molar-refractivity contribution in [1.82, 2.24) is 0 Å². The zero-order chi connectivity index (χ0) is 12.8. The van der Waals surface area contributed by atoms with Gasteiger partial charge in [0.15, 0.2) is 0 Å². The van der Waals surface area contributed by atoms with Crippen LogP contribution in [-0.2, 0) is 13.1 Å². The summed E-state index contributed by atoms with van der Waals surface area (Å²) in [4.78, 5) is 0. The average molecular weight is 236 g/mol. The van der Waals surface area contributed by atoms with E-state index >= 15 is 0 Å². The van der Waals surface area contributed by atoms with E-state index in [1.165, 1.54) is 0 Å². The topological polar surface area (TPSA) is 52.0 Å². The lowest BCUT2D eigenvalue weighted by Crippen LogP contribution is -1.95. The first kappa shape index (κ1) is 12.4. The Morgan fingerprint density at radius 1 is 0.611 bits per heavy atom. The van der Waals surface area contributed by atoms with E-state index in [1.807, 2.05) is 48.5 Å². The summed E-state index contributed by atoms with van der Waals surface area (Å²) in [5, 5.41) is 0. The molecule has 0 radical (unpaired) electrons. The second kappa shape index (κ2) is 6.02. The van der Waals surface area contributed by atoms with Gasteiger partial charge in [0.25, 0.3) is 0 Å². The Morgan fingerprint density at radius 2 is 0.944 bits per heavy atom. The van der Waals surface area contributed by atoms with Crippen LogP contribution >= 0.6 is 0 Å². The van der Waals surface area contributed by atoms with Gasteiger partial charge in [-0.05, 0) is 35.4 Å². The molecule has 0 aliphatic rings. The molecule has 0 atom stereocenters. The number of nitrogens with two attached hydrogens (primary N) is 2. The summed E-state index contributed by atoms with van der Waals surface area (Å²) in [6, 6.07) is 16.0. The molecular formula is C16H16N2. The van der Waals surface area contributed by atoms with Gasteiger partial charge in [-0.15, -0.1) is 0 Å². The molecule has 0 saturated heterocycles. The molecule has 4 N–H and O–H groups in total. The predicted octanol–water partition coefficient (Wildman–Crippen LogP) is 2.00. The lowest BCUT2D eigenvalue weighted by Gasteiger charge is -1.96. The highest BCUT2D eigenvalue weighted by molar-refractivity contribution is 5.44. The molecule has 0 spiro atoms. The van der Waals surface area contributed by atoms with Gasteiger partial charge in [0.2, 0.25) is 0 Å². The van der Waals surface area contributed by atoms with Gasteiger partial charge >= 0.3 is 0 Å². The van der Waals surface area contributed by atoms with Crippen molar-refractivity contribution in [3.05, 3.63) is 70.8 Å². The first-order valence-corrected chi connectivity index (χ1v) is 5.92. The summed E-state index contributed by atoms with van der Waals surface area (Å²) >= 11 is 0. The standard InChI is InChI=1S/C16H16N2/c17-11-15-7-3-13(4-8-15)1-2-14-5-9-16(12-18)10-6-14/h3-10H,11-12,17-18H2. The van der Waals surface area contributed by atoms with Crippen LogP contribution in [0.1, 0.15) is 22.3 Å². The van der Waals surface area contributed by atoms with Crippen LogP contribution in [0.2, 0.25) is 0 Å². The third-order valence-electron chi connectivity index (χ3n) is 2.73. The maximum Gasteiger partial charge on any atom is 0.0249 e. The highest BCUT2D eigenvalue weighted by atomic mass is 14.5. The fourth-order valence-electron chi connectivity index (χ4n) is 1.59. The zero-order valence-corrected chi connectivity index (χ0v) is 10.2. The molecule has 0 amide bonds. The lowest BCUT2D eigenvalue weighted by atomic mass is 10.1. The van der Waals surface area contributed by atoms with E-state index in [4.69, 9.17) is 11.5 Å². The fourth-order valence-corrected chi connectivity index (χ4v) is 1.59. The summed E-state index contributed by atoms with van der Waals surface area (Å²) in [6.45, 7) is 1.13. The Labute approximate surface area is 108 Å². The smallest absolute Gasteiger partial charge is 0.0249 e. The van der Waals surface area contributed by atoms with Crippen molar-refractivity contribution < 1.29 is 0 Å². The molecule has 18 heavy (non-hydrogen) atoms. The van der Waals surface area contributed by atoms with Crippen LogP contribution in [0.3, 0.4) is 0 Å². The normalized spacial score (nSPS) is 9.67. The molecule has 0 aromatic heterocycles. The van der Waals surface area contributed by atoms with Gasteiger partial charge in [-0.25, -0.2) is 0 Å². The minimum atomic E-state index is 0.564. The van der Waals surface area contributed by atoms with Gasteiger partial charge in [-0.1, -0.05) is 36.1 Å². The van der Waals surface area contributed by atoms with Crippen LogP contribution in [0.25, 0.3) is 0 Å². The number of hydrogen-bond acceptors (Lipinski definition) is 2. The van der Waals surface area contributed by atoms with Crippen molar-refractivity contribution in [1.29, 1.82) is 0 Å². The summed E-state index contributed by atoms with van der Waals surface area (Å²) in [5.74, 6) is 6.26. The minimum Gasteiger partial charge on any atom is -0.326 e. The maximum absolute atomic E-state index is 5.55. The molecule has 0 aliphatic heterocycles. The van der Waals surface area contributed by atoms with E-state index in [9.17, 15) is 0 Å². The first-order chi connectivity index (χ1) is 8.81. The van der Waals surface area contributed by atoms with Gasteiger partial charge in [-0.2, -0.15) is 0 Å². The average Bonchev–Trinajstić information content (AvgIpc) is 2.46. The summed E-state index contributed by atoms with van der Waals surface area (Å²) < 4.78 is 0. The van der Waals surface area contributed by atoms with Crippen molar-refractivity contribution in [2.45, 2.75) is 13.1 Å². The molecule has 0 bridgehead atoms. The van der Waals surface area contributed by atoms with Crippen molar-refractivity contribution >= 4 is 0 Å². The Bertz CT molecular complexity index is 505. The quantitative estimate of drug-likeness (QED) is 0.784. The molecule has 2 rings (SSSR count). The first-order valence-electron chi connectivity index (χ1n) is 5.92. The van der Waals surface area contributed by atoms with E-state index in [0.717, 1.165) is 22.3 Å². The molecule has 0 unspecified atom stereocenters. The van der Waals surface area contributed by atoms with Crippen molar-refractivity contribution in [3.63, 3.8) is 0 Å².